The average Bonchev–Trinajstić information content (AvgIpc) is 2.87. The van der Waals surface area contributed by atoms with Gasteiger partial charge in [0.1, 0.15) is 6.07 Å². The molecule has 3 rings (SSSR count). The molecule has 100 valence electrons. The molecule has 0 saturated heterocycles. The molecule has 0 saturated carbocycles. The van der Waals surface area contributed by atoms with Gasteiger partial charge in [0.25, 0.3) is 0 Å². The maximum absolute atomic E-state index is 9.30. The molecular formula is C17H17N3. The van der Waals surface area contributed by atoms with E-state index < -0.39 is 0 Å². The number of fused-ring (bicyclic) bond motifs is 1. The van der Waals surface area contributed by atoms with Crippen LogP contribution < -0.4 is 10.6 Å². The van der Waals surface area contributed by atoms with Crippen molar-refractivity contribution in [2.75, 3.05) is 18.0 Å². The zero-order chi connectivity index (χ0) is 13.9. The Balaban J connectivity index is 2.06. The molecule has 0 aromatic heterocycles. The van der Waals surface area contributed by atoms with Crippen LogP contribution in [0.3, 0.4) is 0 Å². The normalized spacial score (nSPS) is 16.8. The van der Waals surface area contributed by atoms with Gasteiger partial charge < -0.3 is 10.6 Å². The average molecular weight is 263 g/mol. The maximum atomic E-state index is 9.30. The van der Waals surface area contributed by atoms with Gasteiger partial charge in [0.15, 0.2) is 0 Å². The quantitative estimate of drug-likeness (QED) is 0.925. The maximum Gasteiger partial charge on any atom is 0.101 e. The first kappa shape index (κ1) is 12.7. The van der Waals surface area contributed by atoms with Crippen LogP contribution in [0.1, 0.15) is 23.5 Å². The Hall–Kier alpha value is -2.31. The summed E-state index contributed by atoms with van der Waals surface area (Å²) >= 11 is 0. The van der Waals surface area contributed by atoms with E-state index in [1.807, 2.05) is 30.3 Å². The molecule has 0 spiro atoms. The molecule has 1 heterocycles. The van der Waals surface area contributed by atoms with E-state index in [4.69, 9.17) is 5.73 Å². The van der Waals surface area contributed by atoms with E-state index in [0.717, 1.165) is 24.2 Å². The minimum Gasteiger partial charge on any atom is -0.340 e. The van der Waals surface area contributed by atoms with E-state index in [9.17, 15) is 5.26 Å². The molecule has 1 aliphatic heterocycles. The lowest BCUT2D eigenvalue weighted by atomic mass is 9.98. The van der Waals surface area contributed by atoms with E-state index in [2.05, 4.69) is 29.2 Å². The number of para-hydroxylation sites is 2. The van der Waals surface area contributed by atoms with Crippen LogP contribution in [0.2, 0.25) is 0 Å². The molecule has 2 aromatic carbocycles. The van der Waals surface area contributed by atoms with Gasteiger partial charge in [-0.2, -0.15) is 5.26 Å². The Morgan fingerprint density at radius 3 is 2.55 bits per heavy atom. The summed E-state index contributed by atoms with van der Waals surface area (Å²) in [5, 5.41) is 9.30. The van der Waals surface area contributed by atoms with E-state index in [1.165, 1.54) is 11.3 Å². The highest BCUT2D eigenvalue weighted by atomic mass is 15.2. The Labute approximate surface area is 119 Å². The SMILES string of the molecule is N#Cc1ccccc1N1CC(CCN)c2ccccc21. The highest BCUT2D eigenvalue weighted by molar-refractivity contribution is 5.74. The molecule has 1 aliphatic rings. The van der Waals surface area contributed by atoms with Crippen LogP contribution in [0.15, 0.2) is 48.5 Å². The van der Waals surface area contributed by atoms with Gasteiger partial charge in [0.05, 0.1) is 11.3 Å². The zero-order valence-electron chi connectivity index (χ0n) is 11.3. The van der Waals surface area contributed by atoms with Crippen molar-refractivity contribution in [1.29, 1.82) is 5.26 Å². The first-order valence-corrected chi connectivity index (χ1v) is 6.91. The summed E-state index contributed by atoms with van der Waals surface area (Å²) in [5.41, 5.74) is 9.98. The van der Waals surface area contributed by atoms with Crippen molar-refractivity contribution in [2.45, 2.75) is 12.3 Å². The van der Waals surface area contributed by atoms with Gasteiger partial charge in [-0.15, -0.1) is 0 Å². The monoisotopic (exact) mass is 263 g/mol. The molecule has 0 aliphatic carbocycles. The van der Waals surface area contributed by atoms with Gasteiger partial charge >= 0.3 is 0 Å². The van der Waals surface area contributed by atoms with Crippen molar-refractivity contribution in [3.8, 4) is 6.07 Å². The van der Waals surface area contributed by atoms with Gasteiger partial charge in [0.2, 0.25) is 0 Å². The summed E-state index contributed by atoms with van der Waals surface area (Å²) in [6.45, 7) is 1.59. The standard InChI is InChI=1S/C17H17N3/c18-10-9-14-12-20(17-8-4-2-6-15(14)17)16-7-3-1-5-13(16)11-19/h1-8,14H,9-10,12,18H2. The summed E-state index contributed by atoms with van der Waals surface area (Å²) in [6, 6.07) is 18.5. The van der Waals surface area contributed by atoms with Gasteiger partial charge in [0, 0.05) is 18.2 Å². The molecule has 0 bridgehead atoms. The molecular weight excluding hydrogens is 246 g/mol. The summed E-state index contributed by atoms with van der Waals surface area (Å²) in [5.74, 6) is 0.447. The van der Waals surface area contributed by atoms with Gasteiger partial charge in [-0.1, -0.05) is 30.3 Å². The van der Waals surface area contributed by atoms with Gasteiger partial charge in [-0.05, 0) is 36.7 Å². The molecule has 3 heteroatoms. The van der Waals surface area contributed by atoms with Crippen molar-refractivity contribution in [2.24, 2.45) is 5.73 Å². The fourth-order valence-corrected chi connectivity index (χ4v) is 2.98. The highest BCUT2D eigenvalue weighted by Gasteiger charge is 2.29. The Morgan fingerprint density at radius 1 is 1.10 bits per heavy atom. The van der Waals surface area contributed by atoms with Crippen LogP contribution in [-0.2, 0) is 0 Å². The topological polar surface area (TPSA) is 53.0 Å². The molecule has 2 aromatic rings. The molecule has 0 fully saturated rings. The number of anilines is 2. The van der Waals surface area contributed by atoms with Crippen LogP contribution in [0.5, 0.6) is 0 Å². The van der Waals surface area contributed by atoms with E-state index in [-0.39, 0.29) is 0 Å². The number of nitrogens with two attached hydrogens (primary N) is 1. The summed E-state index contributed by atoms with van der Waals surface area (Å²) < 4.78 is 0. The lowest BCUT2D eigenvalue weighted by Gasteiger charge is -2.21. The van der Waals surface area contributed by atoms with Crippen molar-refractivity contribution >= 4 is 11.4 Å². The lowest BCUT2D eigenvalue weighted by molar-refractivity contribution is 0.668. The van der Waals surface area contributed by atoms with Gasteiger partial charge in [-0.3, -0.25) is 0 Å². The molecule has 1 atom stereocenters. The fourth-order valence-electron chi connectivity index (χ4n) is 2.98. The molecule has 1 unspecified atom stereocenters. The second-order valence-electron chi connectivity index (χ2n) is 5.07. The van der Waals surface area contributed by atoms with Crippen molar-refractivity contribution < 1.29 is 0 Å². The first-order valence-electron chi connectivity index (χ1n) is 6.91. The third-order valence-electron chi connectivity index (χ3n) is 3.90. The van der Waals surface area contributed by atoms with Gasteiger partial charge in [-0.25, -0.2) is 0 Å². The fraction of sp³-hybridized carbons (Fsp3) is 0.235. The van der Waals surface area contributed by atoms with Crippen LogP contribution in [0.4, 0.5) is 11.4 Å². The molecule has 20 heavy (non-hydrogen) atoms. The molecule has 0 amide bonds. The summed E-state index contributed by atoms with van der Waals surface area (Å²) in [6.07, 6.45) is 0.974. The Bertz CT molecular complexity index is 657. The number of benzene rings is 2. The molecule has 0 radical (unpaired) electrons. The van der Waals surface area contributed by atoms with E-state index in [1.54, 1.807) is 0 Å². The highest BCUT2D eigenvalue weighted by Crippen LogP contribution is 2.42. The second-order valence-corrected chi connectivity index (χ2v) is 5.07. The number of rotatable bonds is 3. The summed E-state index contributed by atoms with van der Waals surface area (Å²) in [7, 11) is 0. The van der Waals surface area contributed by atoms with Crippen molar-refractivity contribution in [3.63, 3.8) is 0 Å². The smallest absolute Gasteiger partial charge is 0.101 e. The van der Waals surface area contributed by atoms with Crippen molar-refractivity contribution in [1.82, 2.24) is 0 Å². The predicted molar refractivity (Wildman–Crippen MR) is 81.0 cm³/mol. The minimum atomic E-state index is 0.447. The largest absolute Gasteiger partial charge is 0.340 e. The number of nitrogens with zero attached hydrogens (tertiary/aromatic N) is 2. The lowest BCUT2D eigenvalue weighted by Crippen LogP contribution is -2.18. The Morgan fingerprint density at radius 2 is 1.80 bits per heavy atom. The molecule has 3 nitrogen and oxygen atoms in total. The third kappa shape index (κ3) is 2.04. The van der Waals surface area contributed by atoms with Crippen LogP contribution in [-0.4, -0.2) is 13.1 Å². The second kappa shape index (κ2) is 5.36. The number of hydrogen-bond donors (Lipinski definition) is 1. The minimum absolute atomic E-state index is 0.447. The van der Waals surface area contributed by atoms with Crippen LogP contribution in [0, 0.1) is 11.3 Å². The summed E-state index contributed by atoms with van der Waals surface area (Å²) in [4.78, 5) is 2.24. The third-order valence-corrected chi connectivity index (χ3v) is 3.90. The molecule has 2 N–H and O–H groups in total. The number of nitriles is 1. The van der Waals surface area contributed by atoms with Crippen LogP contribution >= 0.6 is 0 Å². The van der Waals surface area contributed by atoms with E-state index in [0.29, 0.717) is 12.5 Å². The zero-order valence-corrected chi connectivity index (χ0v) is 11.3. The van der Waals surface area contributed by atoms with E-state index >= 15 is 0 Å². The van der Waals surface area contributed by atoms with Crippen molar-refractivity contribution in [3.05, 3.63) is 59.7 Å². The Kier molecular flexibility index (Phi) is 3.41. The first-order chi connectivity index (χ1) is 9.85. The predicted octanol–water partition coefficient (Wildman–Crippen LogP) is 3.14. The number of hydrogen-bond acceptors (Lipinski definition) is 3. The van der Waals surface area contributed by atoms with Crippen LogP contribution in [0.25, 0.3) is 0 Å².